The molecule has 0 radical (unpaired) electrons. The molecule has 1 heteroatoms. The predicted octanol–water partition coefficient (Wildman–Crippen LogP) is 3.07. The lowest BCUT2D eigenvalue weighted by Crippen LogP contribution is -1.88. The second-order valence-electron chi connectivity index (χ2n) is 2.63. The predicted molar refractivity (Wildman–Crippen MR) is 53.8 cm³/mol. The molecule has 0 unspecified atom stereocenters. The fourth-order valence-electron chi connectivity index (χ4n) is 1.15. The minimum atomic E-state index is 0.993. The largest absolute Gasteiger partial charge is 0.256 e. The van der Waals surface area contributed by atoms with Gasteiger partial charge >= 0.3 is 0 Å². The van der Waals surface area contributed by atoms with Crippen LogP contribution in [0.4, 0.5) is 0 Å². The average Bonchev–Trinajstić information content (AvgIpc) is 2.05. The maximum absolute atomic E-state index is 4.24. The van der Waals surface area contributed by atoms with Crippen molar-refractivity contribution in [1.82, 2.24) is 4.98 Å². The molecule has 1 nitrogen and oxygen atoms in total. The van der Waals surface area contributed by atoms with Crippen LogP contribution in [0.5, 0.6) is 0 Å². The first kappa shape index (κ1) is 8.72. The summed E-state index contributed by atoms with van der Waals surface area (Å²) in [5, 5.41) is 0. The lowest BCUT2D eigenvalue weighted by atomic mass is 10.1. The van der Waals surface area contributed by atoms with E-state index in [0.717, 1.165) is 11.3 Å². The van der Waals surface area contributed by atoms with Gasteiger partial charge in [0.15, 0.2) is 0 Å². The highest BCUT2D eigenvalue weighted by Crippen LogP contribution is 2.13. The second-order valence-corrected chi connectivity index (χ2v) is 2.63. The number of aromatic nitrogens is 1. The first-order valence-electron chi connectivity index (χ1n) is 4.00. The Kier molecular flexibility index (Phi) is 2.81. The van der Waals surface area contributed by atoms with E-state index in [1.54, 1.807) is 0 Å². The molecule has 0 spiro atoms. The summed E-state index contributed by atoms with van der Waals surface area (Å²) < 4.78 is 0. The number of rotatable bonds is 2. The Morgan fingerprint density at radius 2 is 2.25 bits per heavy atom. The van der Waals surface area contributed by atoms with Crippen LogP contribution in [0, 0.1) is 6.92 Å². The molecular formula is C11H13N. The van der Waals surface area contributed by atoms with Gasteiger partial charge in [0, 0.05) is 11.8 Å². The van der Waals surface area contributed by atoms with Crippen molar-refractivity contribution in [1.29, 1.82) is 0 Å². The number of hydrogen-bond acceptors (Lipinski definition) is 1. The van der Waals surface area contributed by atoms with Gasteiger partial charge in [0.2, 0.25) is 0 Å². The topological polar surface area (TPSA) is 12.9 Å². The Morgan fingerprint density at radius 3 is 2.83 bits per heavy atom. The van der Waals surface area contributed by atoms with Crippen molar-refractivity contribution in [2.75, 3.05) is 0 Å². The van der Waals surface area contributed by atoms with E-state index in [1.165, 1.54) is 5.56 Å². The second kappa shape index (κ2) is 3.86. The van der Waals surface area contributed by atoms with Crippen molar-refractivity contribution >= 4 is 12.2 Å². The highest BCUT2D eigenvalue weighted by atomic mass is 14.7. The number of nitrogens with zero attached hydrogens (tertiary/aromatic N) is 1. The Morgan fingerprint density at radius 1 is 1.50 bits per heavy atom. The quantitative estimate of drug-likeness (QED) is 0.646. The third kappa shape index (κ3) is 1.62. The van der Waals surface area contributed by atoms with Crippen LogP contribution in [0.25, 0.3) is 12.2 Å². The van der Waals surface area contributed by atoms with Crippen LogP contribution >= 0.6 is 0 Å². The van der Waals surface area contributed by atoms with Gasteiger partial charge in [-0.25, -0.2) is 0 Å². The maximum Gasteiger partial charge on any atom is 0.0701 e. The number of aryl methyl sites for hydroxylation is 1. The zero-order chi connectivity index (χ0) is 8.97. The Labute approximate surface area is 73.5 Å². The molecule has 1 aromatic rings. The van der Waals surface area contributed by atoms with Crippen molar-refractivity contribution in [2.45, 2.75) is 13.8 Å². The SMILES string of the molecule is C=Cc1c(C)ccnc1/C=C\C. The Bertz CT molecular complexity index is 311. The van der Waals surface area contributed by atoms with Crippen molar-refractivity contribution in [2.24, 2.45) is 0 Å². The van der Waals surface area contributed by atoms with E-state index in [1.807, 2.05) is 37.4 Å². The standard InChI is InChI=1S/C11H13N/c1-4-6-11-10(5-2)9(3)7-8-12-11/h4-8H,2H2,1,3H3/b6-4-. The third-order valence-electron chi connectivity index (χ3n) is 1.77. The van der Waals surface area contributed by atoms with Crippen LogP contribution < -0.4 is 0 Å². The number of pyridine rings is 1. The third-order valence-corrected chi connectivity index (χ3v) is 1.77. The van der Waals surface area contributed by atoms with Gasteiger partial charge in [-0.05, 0) is 31.6 Å². The van der Waals surface area contributed by atoms with Crippen molar-refractivity contribution in [3.63, 3.8) is 0 Å². The molecular weight excluding hydrogens is 146 g/mol. The molecule has 0 saturated heterocycles. The van der Waals surface area contributed by atoms with Gasteiger partial charge in [-0.15, -0.1) is 0 Å². The summed E-state index contributed by atoms with van der Waals surface area (Å²) in [7, 11) is 0. The van der Waals surface area contributed by atoms with Crippen molar-refractivity contribution in [3.05, 3.63) is 41.7 Å². The molecule has 62 valence electrons. The van der Waals surface area contributed by atoms with E-state index in [-0.39, 0.29) is 0 Å². The summed E-state index contributed by atoms with van der Waals surface area (Å²) in [5.74, 6) is 0. The molecule has 1 aromatic heterocycles. The maximum atomic E-state index is 4.24. The average molecular weight is 159 g/mol. The first-order chi connectivity index (χ1) is 5.79. The first-order valence-corrected chi connectivity index (χ1v) is 4.00. The molecule has 0 amide bonds. The molecule has 1 rings (SSSR count). The molecule has 0 aliphatic rings. The fourth-order valence-corrected chi connectivity index (χ4v) is 1.15. The molecule has 1 heterocycles. The van der Waals surface area contributed by atoms with Gasteiger partial charge < -0.3 is 0 Å². The van der Waals surface area contributed by atoms with Crippen LogP contribution in [-0.2, 0) is 0 Å². The van der Waals surface area contributed by atoms with E-state index >= 15 is 0 Å². The van der Waals surface area contributed by atoms with Gasteiger partial charge in [0.05, 0.1) is 5.69 Å². The molecule has 0 aliphatic heterocycles. The van der Waals surface area contributed by atoms with E-state index < -0.39 is 0 Å². The lowest BCUT2D eigenvalue weighted by Gasteiger charge is -2.02. The minimum Gasteiger partial charge on any atom is -0.256 e. The van der Waals surface area contributed by atoms with Gasteiger partial charge in [0.25, 0.3) is 0 Å². The molecule has 0 N–H and O–H groups in total. The van der Waals surface area contributed by atoms with E-state index in [0.29, 0.717) is 0 Å². The van der Waals surface area contributed by atoms with Crippen LogP contribution in [0.3, 0.4) is 0 Å². The molecule has 0 aromatic carbocycles. The van der Waals surface area contributed by atoms with Crippen LogP contribution in [0.2, 0.25) is 0 Å². The summed E-state index contributed by atoms with van der Waals surface area (Å²) in [5.41, 5.74) is 3.33. The normalized spacial score (nSPS) is 10.5. The fraction of sp³-hybridized carbons (Fsp3) is 0.182. The van der Waals surface area contributed by atoms with Gasteiger partial charge in [-0.1, -0.05) is 18.7 Å². The Hall–Kier alpha value is -1.37. The van der Waals surface area contributed by atoms with Gasteiger partial charge in [-0.2, -0.15) is 0 Å². The van der Waals surface area contributed by atoms with Crippen molar-refractivity contribution in [3.8, 4) is 0 Å². The molecule has 0 aliphatic carbocycles. The molecule has 0 bridgehead atoms. The summed E-state index contributed by atoms with van der Waals surface area (Å²) >= 11 is 0. The molecule has 0 fully saturated rings. The summed E-state index contributed by atoms with van der Waals surface area (Å²) in [6, 6.07) is 1.99. The minimum absolute atomic E-state index is 0.993. The van der Waals surface area contributed by atoms with E-state index in [4.69, 9.17) is 0 Å². The van der Waals surface area contributed by atoms with Crippen LogP contribution in [0.15, 0.2) is 24.9 Å². The summed E-state index contributed by atoms with van der Waals surface area (Å²) in [4.78, 5) is 4.24. The van der Waals surface area contributed by atoms with Crippen molar-refractivity contribution < 1.29 is 0 Å². The van der Waals surface area contributed by atoms with Crippen LogP contribution in [0.1, 0.15) is 23.7 Å². The molecule has 12 heavy (non-hydrogen) atoms. The van der Waals surface area contributed by atoms with Crippen LogP contribution in [-0.4, -0.2) is 4.98 Å². The van der Waals surface area contributed by atoms with Gasteiger partial charge in [-0.3, -0.25) is 4.98 Å². The monoisotopic (exact) mass is 159 g/mol. The van der Waals surface area contributed by atoms with E-state index in [9.17, 15) is 0 Å². The lowest BCUT2D eigenvalue weighted by molar-refractivity contribution is 1.24. The summed E-state index contributed by atoms with van der Waals surface area (Å²) in [6.07, 6.45) is 7.63. The Balaban J connectivity index is 3.27. The van der Waals surface area contributed by atoms with Gasteiger partial charge in [0.1, 0.15) is 0 Å². The highest BCUT2D eigenvalue weighted by Gasteiger charge is 1.98. The number of hydrogen-bond donors (Lipinski definition) is 0. The number of allylic oxidation sites excluding steroid dienone is 1. The molecule has 0 atom stereocenters. The van der Waals surface area contributed by atoms with E-state index in [2.05, 4.69) is 18.5 Å². The molecule has 0 saturated carbocycles. The smallest absolute Gasteiger partial charge is 0.0701 e. The zero-order valence-corrected chi connectivity index (χ0v) is 7.54. The highest BCUT2D eigenvalue weighted by molar-refractivity contribution is 5.63. The zero-order valence-electron chi connectivity index (χ0n) is 7.54. The summed E-state index contributed by atoms with van der Waals surface area (Å²) in [6.45, 7) is 7.80.